The molecule has 2 unspecified atom stereocenters. The number of nitrogens with zero attached hydrogens (tertiary/aromatic N) is 2. The first-order chi connectivity index (χ1) is 15.7. The van der Waals surface area contributed by atoms with Crippen molar-refractivity contribution >= 4 is 26.0 Å². The number of anilines is 1. The molecule has 3 nitrogen and oxygen atoms in total. The summed E-state index contributed by atoms with van der Waals surface area (Å²) in [4.78, 5) is 0.680. The van der Waals surface area contributed by atoms with Crippen molar-refractivity contribution < 1.29 is 35.5 Å². The fourth-order valence-electron chi connectivity index (χ4n) is 3.17. The predicted octanol–water partition coefficient (Wildman–Crippen LogP) is 6.22. The summed E-state index contributed by atoms with van der Waals surface area (Å²) in [6.07, 6.45) is -7.88. The van der Waals surface area contributed by atoms with E-state index in [4.69, 9.17) is 10.00 Å². The minimum Gasteiger partial charge on any atom is -0.488 e. The van der Waals surface area contributed by atoms with Gasteiger partial charge in [-0.25, -0.2) is 4.39 Å². The molecular weight excluding hydrogens is 484 g/mol. The Balaban J connectivity index is 2.38. The Kier molecular flexibility index (Phi) is 8.73. The number of halogens is 7. The van der Waals surface area contributed by atoms with Crippen LogP contribution in [0.1, 0.15) is 23.6 Å². The van der Waals surface area contributed by atoms with Crippen LogP contribution in [0.2, 0.25) is 0 Å². The molecule has 0 bridgehead atoms. The van der Waals surface area contributed by atoms with Crippen LogP contribution < -0.4 is 10.2 Å². The largest absolute Gasteiger partial charge is 0.488 e. The van der Waals surface area contributed by atoms with Crippen LogP contribution in [0.5, 0.6) is 0 Å². The third-order valence-electron chi connectivity index (χ3n) is 4.44. The van der Waals surface area contributed by atoms with E-state index in [0.717, 1.165) is 12.1 Å². The van der Waals surface area contributed by atoms with Crippen molar-refractivity contribution in [2.24, 2.45) is 0 Å². The third-order valence-corrected chi connectivity index (χ3v) is 4.78. The minimum absolute atomic E-state index is 0.119. The molecule has 182 valence electrons. The molecule has 2 rings (SSSR count). The van der Waals surface area contributed by atoms with Gasteiger partial charge in [0.15, 0.2) is 0 Å². The maximum absolute atomic E-state index is 13.8. The zero-order valence-corrected chi connectivity index (χ0v) is 19.0. The summed E-state index contributed by atoms with van der Waals surface area (Å²) in [6, 6.07) is 7.71. The van der Waals surface area contributed by atoms with E-state index in [1.807, 2.05) is 0 Å². The van der Waals surface area contributed by atoms with Gasteiger partial charge in [0, 0.05) is 11.3 Å². The first-order valence-corrected chi connectivity index (χ1v) is 10.3. The second-order valence-corrected chi connectivity index (χ2v) is 7.97. The molecule has 0 aliphatic heterocycles. The summed E-state index contributed by atoms with van der Waals surface area (Å²) in [5, 5.41) is 9.43. The van der Waals surface area contributed by atoms with E-state index in [1.54, 1.807) is 6.07 Å². The molecule has 2 atom stereocenters. The third kappa shape index (κ3) is 7.77. The molecular formula is C23H20F7N2OP. The van der Waals surface area contributed by atoms with Crippen LogP contribution >= 0.6 is 9.24 Å². The van der Waals surface area contributed by atoms with Crippen LogP contribution in [0.15, 0.2) is 55.1 Å². The van der Waals surface area contributed by atoms with Gasteiger partial charge in [-0.05, 0) is 54.7 Å². The Morgan fingerprint density at radius 3 is 2.38 bits per heavy atom. The first-order valence-electron chi connectivity index (χ1n) is 9.72. The zero-order chi connectivity index (χ0) is 25.7. The van der Waals surface area contributed by atoms with Crippen molar-refractivity contribution in [3.63, 3.8) is 0 Å². The van der Waals surface area contributed by atoms with E-state index < -0.39 is 48.5 Å². The Hall–Kier alpha value is -3.05. The number of ether oxygens (including phenoxy) is 1. The molecule has 0 N–H and O–H groups in total. The van der Waals surface area contributed by atoms with Crippen LogP contribution in [0.4, 0.5) is 36.4 Å². The van der Waals surface area contributed by atoms with Crippen molar-refractivity contribution in [3.8, 4) is 6.07 Å². The van der Waals surface area contributed by atoms with Crippen molar-refractivity contribution in [1.29, 1.82) is 5.26 Å². The van der Waals surface area contributed by atoms with Crippen LogP contribution in [0.3, 0.4) is 0 Å². The van der Waals surface area contributed by atoms with E-state index in [9.17, 15) is 30.7 Å². The zero-order valence-electron chi connectivity index (χ0n) is 17.8. The summed E-state index contributed by atoms with van der Waals surface area (Å²) in [5.41, 5.74) is -2.13. The highest BCUT2D eigenvalue weighted by Crippen LogP contribution is 2.35. The lowest BCUT2D eigenvalue weighted by Crippen LogP contribution is -2.39. The molecule has 0 amide bonds. The molecule has 0 fully saturated rings. The highest BCUT2D eigenvalue weighted by Gasteiger charge is 2.36. The van der Waals surface area contributed by atoms with Crippen LogP contribution in [-0.2, 0) is 10.9 Å². The number of hydrogen-bond acceptors (Lipinski definition) is 3. The van der Waals surface area contributed by atoms with E-state index >= 15 is 0 Å². The maximum atomic E-state index is 13.8. The van der Waals surface area contributed by atoms with Gasteiger partial charge >= 0.3 is 12.4 Å². The fourth-order valence-corrected chi connectivity index (χ4v) is 3.51. The summed E-state index contributed by atoms with van der Waals surface area (Å²) < 4.78 is 99.2. The first kappa shape index (κ1) is 27.2. The van der Waals surface area contributed by atoms with Crippen LogP contribution in [0.25, 0.3) is 5.76 Å². The highest BCUT2D eigenvalue weighted by atomic mass is 31.0. The van der Waals surface area contributed by atoms with E-state index in [-0.39, 0.29) is 11.4 Å². The molecule has 0 radical (unpaired) electrons. The van der Waals surface area contributed by atoms with Gasteiger partial charge in [0.1, 0.15) is 24.2 Å². The standard InChI is InChI=1S/C23H20F7N2OP/c1-3-4-21(16-7-17(24)9-19(34)8-16)33-14(2)12-32(13-22(25,26)27)18-6-5-15(11-31)20(10-18)23(28,29)30/h3-10,14H,1,12-13,34H2,2H3/b21-4-. The molecule has 11 heteroatoms. The molecule has 0 aromatic heterocycles. The number of hydrogen-bond donors (Lipinski definition) is 0. The van der Waals surface area contributed by atoms with Gasteiger partial charge in [-0.15, -0.1) is 9.24 Å². The number of nitriles is 1. The summed E-state index contributed by atoms with van der Waals surface area (Å²) in [5.74, 6) is -0.446. The van der Waals surface area contributed by atoms with E-state index in [1.165, 1.54) is 37.3 Å². The number of benzene rings is 2. The van der Waals surface area contributed by atoms with Gasteiger partial charge in [-0.1, -0.05) is 12.7 Å². The van der Waals surface area contributed by atoms with Crippen molar-refractivity contribution in [2.45, 2.75) is 25.4 Å². The molecule has 34 heavy (non-hydrogen) atoms. The Bertz CT molecular complexity index is 1080. The lowest BCUT2D eigenvalue weighted by atomic mass is 10.1. The van der Waals surface area contributed by atoms with Crippen LogP contribution in [0, 0.1) is 17.1 Å². The van der Waals surface area contributed by atoms with Crippen molar-refractivity contribution in [3.05, 3.63) is 77.6 Å². The highest BCUT2D eigenvalue weighted by molar-refractivity contribution is 7.27. The Morgan fingerprint density at radius 1 is 1.18 bits per heavy atom. The van der Waals surface area contributed by atoms with Gasteiger partial charge in [-0.2, -0.15) is 31.6 Å². The number of rotatable bonds is 8. The second-order valence-electron chi connectivity index (χ2n) is 7.30. The van der Waals surface area contributed by atoms with Crippen molar-refractivity contribution in [1.82, 2.24) is 0 Å². The Morgan fingerprint density at radius 2 is 1.85 bits per heavy atom. The summed E-state index contributed by atoms with van der Waals surface area (Å²) in [6.45, 7) is 2.95. The van der Waals surface area contributed by atoms with Gasteiger partial charge in [0.2, 0.25) is 0 Å². The molecule has 0 spiro atoms. The lowest BCUT2D eigenvalue weighted by Gasteiger charge is -2.30. The van der Waals surface area contributed by atoms with Crippen LogP contribution in [-0.4, -0.2) is 25.4 Å². The average Bonchev–Trinajstić information content (AvgIpc) is 2.70. The van der Waals surface area contributed by atoms with Gasteiger partial charge < -0.3 is 9.64 Å². The van der Waals surface area contributed by atoms with Gasteiger partial charge in [0.25, 0.3) is 0 Å². The molecule has 2 aromatic carbocycles. The second kappa shape index (κ2) is 10.9. The smallest absolute Gasteiger partial charge is 0.417 e. The normalized spacial score (nSPS) is 13.2. The number of alkyl halides is 6. The quantitative estimate of drug-likeness (QED) is 0.186. The summed E-state index contributed by atoms with van der Waals surface area (Å²) >= 11 is 0. The molecule has 2 aromatic rings. The molecule has 0 aliphatic rings. The molecule has 0 heterocycles. The molecule has 0 saturated carbocycles. The number of allylic oxidation sites excluding steroid dienone is 2. The SMILES string of the molecule is C=C/C=C(\OC(C)CN(CC(F)(F)F)c1ccc(C#N)c(C(F)(F)F)c1)c1cc(F)cc(P)c1. The lowest BCUT2D eigenvalue weighted by molar-refractivity contribution is -0.137. The molecule has 0 aliphatic carbocycles. The van der Waals surface area contributed by atoms with Gasteiger partial charge in [-0.3, -0.25) is 0 Å². The predicted molar refractivity (Wildman–Crippen MR) is 119 cm³/mol. The van der Waals surface area contributed by atoms with E-state index in [0.29, 0.717) is 21.8 Å². The summed E-state index contributed by atoms with van der Waals surface area (Å²) in [7, 11) is 2.31. The minimum atomic E-state index is -4.93. The fraction of sp³-hybridized carbons (Fsp3) is 0.261. The Labute approximate surface area is 194 Å². The topological polar surface area (TPSA) is 36.3 Å². The van der Waals surface area contributed by atoms with Gasteiger partial charge in [0.05, 0.1) is 23.7 Å². The van der Waals surface area contributed by atoms with E-state index in [2.05, 4.69) is 15.8 Å². The average molecular weight is 504 g/mol. The molecule has 0 saturated heterocycles. The maximum Gasteiger partial charge on any atom is 0.417 e. The monoisotopic (exact) mass is 504 g/mol. The van der Waals surface area contributed by atoms with Crippen molar-refractivity contribution in [2.75, 3.05) is 18.0 Å².